The Labute approximate surface area is 128 Å². The molecule has 1 saturated heterocycles. The lowest BCUT2D eigenvalue weighted by atomic mass is 10.0. The molecule has 106 valence electrons. The number of piperidine rings is 1. The lowest BCUT2D eigenvalue weighted by Gasteiger charge is -2.30. The monoisotopic (exact) mass is 311 g/mol. The highest BCUT2D eigenvalue weighted by Crippen LogP contribution is 2.21. The molecule has 2 rings (SSSR count). The molecule has 0 aliphatic carbocycles. The molecule has 0 saturated carbocycles. The molecule has 0 bridgehead atoms. The number of carbonyl (C=O) groups excluding carboxylic acids is 1. The van der Waals surface area contributed by atoms with Crippen molar-refractivity contribution in [3.8, 4) is 6.07 Å². The fraction of sp³-hybridized carbons (Fsp3) is 0.429. The van der Waals surface area contributed by atoms with Gasteiger partial charge in [0.1, 0.15) is 0 Å². The van der Waals surface area contributed by atoms with E-state index >= 15 is 0 Å². The molecule has 1 aromatic carbocycles. The van der Waals surface area contributed by atoms with Crippen LogP contribution >= 0.6 is 23.2 Å². The fourth-order valence-electron chi connectivity index (χ4n) is 2.27. The Morgan fingerprint density at radius 2 is 2.10 bits per heavy atom. The van der Waals surface area contributed by atoms with Crippen LogP contribution in [0.4, 0.5) is 0 Å². The Hall–Kier alpha value is -1.28. The second kappa shape index (κ2) is 6.94. The first-order chi connectivity index (χ1) is 9.60. The first-order valence-corrected chi connectivity index (χ1v) is 7.21. The van der Waals surface area contributed by atoms with Crippen LogP contribution in [0.15, 0.2) is 18.2 Å². The van der Waals surface area contributed by atoms with Gasteiger partial charge in [-0.1, -0.05) is 23.2 Å². The van der Waals surface area contributed by atoms with E-state index in [0.717, 1.165) is 25.9 Å². The fourth-order valence-corrected chi connectivity index (χ4v) is 2.77. The van der Waals surface area contributed by atoms with Gasteiger partial charge in [-0.15, -0.1) is 0 Å². The lowest BCUT2D eigenvalue weighted by molar-refractivity contribution is 0.0914. The highest BCUT2D eigenvalue weighted by molar-refractivity contribution is 6.36. The van der Waals surface area contributed by atoms with Gasteiger partial charge < -0.3 is 5.32 Å². The molecular formula is C14H15Cl2N3O. The molecule has 6 heteroatoms. The van der Waals surface area contributed by atoms with Crippen molar-refractivity contribution in [2.75, 3.05) is 19.6 Å². The molecular weight excluding hydrogens is 297 g/mol. The van der Waals surface area contributed by atoms with Crippen LogP contribution in [0.2, 0.25) is 10.0 Å². The highest BCUT2D eigenvalue weighted by atomic mass is 35.5. The van der Waals surface area contributed by atoms with E-state index in [1.165, 1.54) is 0 Å². The van der Waals surface area contributed by atoms with Gasteiger partial charge in [-0.3, -0.25) is 9.69 Å². The molecule has 0 radical (unpaired) electrons. The maximum atomic E-state index is 12.1. The third-order valence-electron chi connectivity index (χ3n) is 3.39. The Kier molecular flexibility index (Phi) is 5.24. The van der Waals surface area contributed by atoms with Gasteiger partial charge in [-0.05, 0) is 31.0 Å². The summed E-state index contributed by atoms with van der Waals surface area (Å²) in [6.45, 7) is 2.10. The Bertz CT molecular complexity index is 534. The van der Waals surface area contributed by atoms with Crippen molar-refractivity contribution in [1.82, 2.24) is 10.2 Å². The number of nitrogens with one attached hydrogen (secondary N) is 1. The minimum Gasteiger partial charge on any atom is -0.349 e. The minimum absolute atomic E-state index is 0.129. The van der Waals surface area contributed by atoms with Crippen molar-refractivity contribution in [3.05, 3.63) is 33.8 Å². The summed E-state index contributed by atoms with van der Waals surface area (Å²) in [4.78, 5) is 14.2. The number of likely N-dealkylation sites (tertiary alicyclic amines) is 1. The van der Waals surface area contributed by atoms with Crippen molar-refractivity contribution < 1.29 is 4.79 Å². The summed E-state index contributed by atoms with van der Waals surface area (Å²) >= 11 is 11.8. The van der Waals surface area contributed by atoms with Crippen LogP contribution in [-0.2, 0) is 0 Å². The summed E-state index contributed by atoms with van der Waals surface area (Å²) < 4.78 is 0. The molecule has 1 aromatic rings. The Balaban J connectivity index is 1.91. The van der Waals surface area contributed by atoms with Gasteiger partial charge in [0.25, 0.3) is 5.91 Å². The van der Waals surface area contributed by atoms with Gasteiger partial charge in [0.15, 0.2) is 0 Å². The first-order valence-electron chi connectivity index (χ1n) is 6.45. The van der Waals surface area contributed by atoms with Gasteiger partial charge in [-0.2, -0.15) is 5.26 Å². The van der Waals surface area contributed by atoms with E-state index < -0.39 is 0 Å². The predicted octanol–water partition coefficient (Wildman–Crippen LogP) is 2.71. The molecule has 1 heterocycles. The van der Waals surface area contributed by atoms with Crippen molar-refractivity contribution in [2.45, 2.75) is 18.9 Å². The second-order valence-electron chi connectivity index (χ2n) is 4.81. The maximum Gasteiger partial charge on any atom is 0.253 e. The number of rotatable bonds is 3. The van der Waals surface area contributed by atoms with E-state index in [9.17, 15) is 4.79 Å². The first kappa shape index (κ1) is 15.1. The molecule has 20 heavy (non-hydrogen) atoms. The maximum absolute atomic E-state index is 12.1. The number of hydrogen-bond donors (Lipinski definition) is 1. The minimum atomic E-state index is -0.176. The Morgan fingerprint density at radius 1 is 1.40 bits per heavy atom. The zero-order chi connectivity index (χ0) is 14.5. The number of halogens is 2. The smallest absolute Gasteiger partial charge is 0.253 e. The number of nitrogens with zero attached hydrogens (tertiary/aromatic N) is 2. The van der Waals surface area contributed by atoms with Gasteiger partial charge >= 0.3 is 0 Å². The second-order valence-corrected chi connectivity index (χ2v) is 5.65. The number of nitriles is 1. The van der Waals surface area contributed by atoms with Crippen LogP contribution in [0.5, 0.6) is 0 Å². The van der Waals surface area contributed by atoms with Crippen LogP contribution in [0, 0.1) is 11.3 Å². The zero-order valence-electron chi connectivity index (χ0n) is 10.9. The molecule has 1 amide bonds. The Morgan fingerprint density at radius 3 is 2.70 bits per heavy atom. The van der Waals surface area contributed by atoms with Gasteiger partial charge in [0.2, 0.25) is 0 Å². The van der Waals surface area contributed by atoms with Crippen LogP contribution < -0.4 is 5.32 Å². The molecule has 1 N–H and O–H groups in total. The average Bonchev–Trinajstić information content (AvgIpc) is 2.41. The molecule has 0 unspecified atom stereocenters. The van der Waals surface area contributed by atoms with E-state index in [2.05, 4.69) is 16.3 Å². The van der Waals surface area contributed by atoms with E-state index in [4.69, 9.17) is 28.5 Å². The lowest BCUT2D eigenvalue weighted by Crippen LogP contribution is -2.44. The SMILES string of the molecule is N#CCN1CCC(NC(=O)c2ccc(Cl)cc2Cl)CC1. The van der Waals surface area contributed by atoms with Gasteiger partial charge in [0.05, 0.1) is 23.2 Å². The summed E-state index contributed by atoms with van der Waals surface area (Å²) in [6, 6.07) is 7.11. The van der Waals surface area contributed by atoms with Crippen molar-refractivity contribution in [3.63, 3.8) is 0 Å². The summed E-state index contributed by atoms with van der Waals surface area (Å²) in [5.74, 6) is -0.176. The zero-order valence-corrected chi connectivity index (χ0v) is 12.4. The standard InChI is InChI=1S/C14H15Cl2N3O/c15-10-1-2-12(13(16)9-10)14(20)18-11-3-6-19(7-4-11)8-5-17/h1-2,9,11H,3-4,6-8H2,(H,18,20). The third kappa shape index (κ3) is 3.86. The molecule has 1 aliphatic heterocycles. The van der Waals surface area contributed by atoms with E-state index in [-0.39, 0.29) is 11.9 Å². The number of carbonyl (C=O) groups is 1. The van der Waals surface area contributed by atoms with E-state index in [0.29, 0.717) is 22.2 Å². The number of hydrogen-bond acceptors (Lipinski definition) is 3. The topological polar surface area (TPSA) is 56.1 Å². The summed E-state index contributed by atoms with van der Waals surface area (Å²) in [7, 11) is 0. The molecule has 1 aliphatic rings. The summed E-state index contributed by atoms with van der Waals surface area (Å²) in [6.07, 6.45) is 1.69. The van der Waals surface area contributed by atoms with Crippen molar-refractivity contribution in [2.24, 2.45) is 0 Å². The van der Waals surface area contributed by atoms with E-state index in [1.54, 1.807) is 18.2 Å². The van der Waals surface area contributed by atoms with Crippen LogP contribution in [0.3, 0.4) is 0 Å². The quantitative estimate of drug-likeness (QED) is 0.873. The molecule has 4 nitrogen and oxygen atoms in total. The van der Waals surface area contributed by atoms with Crippen molar-refractivity contribution >= 4 is 29.1 Å². The normalized spacial score (nSPS) is 16.6. The predicted molar refractivity (Wildman–Crippen MR) is 79.0 cm³/mol. The van der Waals surface area contributed by atoms with Crippen LogP contribution in [0.25, 0.3) is 0 Å². The van der Waals surface area contributed by atoms with Crippen LogP contribution in [-0.4, -0.2) is 36.5 Å². The van der Waals surface area contributed by atoms with Crippen LogP contribution in [0.1, 0.15) is 23.2 Å². The molecule has 1 fully saturated rings. The largest absolute Gasteiger partial charge is 0.349 e. The van der Waals surface area contributed by atoms with Gasteiger partial charge in [0, 0.05) is 24.2 Å². The highest BCUT2D eigenvalue weighted by Gasteiger charge is 2.21. The summed E-state index contributed by atoms with van der Waals surface area (Å²) in [5.41, 5.74) is 0.440. The third-order valence-corrected chi connectivity index (χ3v) is 3.94. The van der Waals surface area contributed by atoms with E-state index in [1.807, 2.05) is 0 Å². The average molecular weight is 312 g/mol. The molecule has 0 atom stereocenters. The summed E-state index contributed by atoms with van der Waals surface area (Å²) in [5, 5.41) is 12.5. The number of amides is 1. The van der Waals surface area contributed by atoms with Crippen molar-refractivity contribution in [1.29, 1.82) is 5.26 Å². The molecule has 0 spiro atoms. The number of benzene rings is 1. The molecule has 0 aromatic heterocycles. The van der Waals surface area contributed by atoms with Gasteiger partial charge in [-0.25, -0.2) is 0 Å².